The lowest BCUT2D eigenvalue weighted by Gasteiger charge is -2.25. The van der Waals surface area contributed by atoms with E-state index in [1.807, 2.05) is 60.7 Å². The molecule has 0 aliphatic carbocycles. The number of para-hydroxylation sites is 1. The Bertz CT molecular complexity index is 823. The van der Waals surface area contributed by atoms with Gasteiger partial charge in [0, 0.05) is 25.1 Å². The number of benzene rings is 2. The molecular weight excluding hydrogens is 356 g/mol. The number of hydrogen-bond donors (Lipinski definition) is 1. The Morgan fingerprint density at radius 3 is 2.25 bits per heavy atom. The van der Waals surface area contributed by atoms with Crippen LogP contribution >= 0.6 is 0 Å². The van der Waals surface area contributed by atoms with Gasteiger partial charge in [-0.15, -0.1) is 0 Å². The van der Waals surface area contributed by atoms with Gasteiger partial charge in [0.1, 0.15) is 6.04 Å². The third-order valence-corrected chi connectivity index (χ3v) is 4.96. The number of likely N-dealkylation sites (tertiary alicyclic amines) is 1. The van der Waals surface area contributed by atoms with Crippen LogP contribution < -0.4 is 4.90 Å². The van der Waals surface area contributed by atoms with Crippen molar-refractivity contribution in [3.05, 3.63) is 66.2 Å². The van der Waals surface area contributed by atoms with E-state index in [0.717, 1.165) is 11.3 Å². The van der Waals surface area contributed by atoms with Crippen molar-refractivity contribution in [3.8, 4) is 0 Å². The zero-order valence-corrected chi connectivity index (χ0v) is 15.7. The lowest BCUT2D eigenvalue weighted by Crippen LogP contribution is -2.41. The van der Waals surface area contributed by atoms with E-state index in [0.29, 0.717) is 25.9 Å². The number of aliphatic carboxylic acids is 1. The first-order valence-corrected chi connectivity index (χ1v) is 9.48. The summed E-state index contributed by atoms with van der Waals surface area (Å²) in [4.78, 5) is 39.7. The van der Waals surface area contributed by atoms with E-state index < -0.39 is 12.0 Å². The highest BCUT2D eigenvalue weighted by Crippen LogP contribution is 2.21. The predicted molar refractivity (Wildman–Crippen MR) is 106 cm³/mol. The number of rotatable bonds is 7. The molecule has 1 N–H and O–H groups in total. The molecule has 2 amide bonds. The molecule has 1 fully saturated rings. The van der Waals surface area contributed by atoms with Crippen LogP contribution in [0.3, 0.4) is 0 Å². The SMILES string of the molecule is O=C(O)[C@@H]1CCCN1C(=O)CCC(=O)N(Cc1ccccc1)c1ccccc1. The molecule has 1 aliphatic rings. The van der Waals surface area contributed by atoms with Gasteiger partial charge in [0.2, 0.25) is 11.8 Å². The lowest BCUT2D eigenvalue weighted by atomic mass is 10.1. The predicted octanol–water partition coefficient (Wildman–Crippen LogP) is 3.08. The summed E-state index contributed by atoms with van der Waals surface area (Å²) in [5, 5.41) is 9.24. The number of carboxylic acids is 1. The van der Waals surface area contributed by atoms with Gasteiger partial charge in [-0.05, 0) is 30.5 Å². The lowest BCUT2D eigenvalue weighted by molar-refractivity contribution is -0.148. The van der Waals surface area contributed by atoms with Gasteiger partial charge < -0.3 is 14.9 Å². The minimum absolute atomic E-state index is 0.0146. The van der Waals surface area contributed by atoms with Crippen LogP contribution in [0.1, 0.15) is 31.2 Å². The number of anilines is 1. The summed E-state index contributed by atoms with van der Waals surface area (Å²) in [6.45, 7) is 0.857. The van der Waals surface area contributed by atoms with Crippen LogP contribution in [0.25, 0.3) is 0 Å². The van der Waals surface area contributed by atoms with Gasteiger partial charge in [0.05, 0.1) is 6.54 Å². The highest BCUT2D eigenvalue weighted by Gasteiger charge is 2.34. The van der Waals surface area contributed by atoms with E-state index in [4.69, 9.17) is 0 Å². The number of carboxylic acid groups (broad SMARTS) is 1. The summed E-state index contributed by atoms with van der Waals surface area (Å²) in [5.41, 5.74) is 1.77. The fourth-order valence-corrected chi connectivity index (χ4v) is 3.51. The van der Waals surface area contributed by atoms with E-state index in [9.17, 15) is 19.5 Å². The fourth-order valence-electron chi connectivity index (χ4n) is 3.51. The number of hydrogen-bond acceptors (Lipinski definition) is 3. The number of carbonyl (C=O) groups excluding carboxylic acids is 2. The normalized spacial score (nSPS) is 16.0. The highest BCUT2D eigenvalue weighted by molar-refractivity contribution is 5.95. The molecule has 6 nitrogen and oxygen atoms in total. The Kier molecular flexibility index (Phi) is 6.42. The van der Waals surface area contributed by atoms with Gasteiger partial charge in [-0.3, -0.25) is 9.59 Å². The summed E-state index contributed by atoms with van der Waals surface area (Å²) in [5.74, 6) is -1.41. The van der Waals surface area contributed by atoms with Crippen LogP contribution in [0, 0.1) is 0 Å². The molecule has 0 radical (unpaired) electrons. The van der Waals surface area contributed by atoms with E-state index in [1.165, 1.54) is 4.90 Å². The van der Waals surface area contributed by atoms with Crippen LogP contribution in [-0.4, -0.2) is 40.4 Å². The maximum absolute atomic E-state index is 12.9. The third-order valence-electron chi connectivity index (χ3n) is 4.96. The Morgan fingerprint density at radius 1 is 0.964 bits per heavy atom. The monoisotopic (exact) mass is 380 g/mol. The van der Waals surface area contributed by atoms with E-state index in [2.05, 4.69) is 0 Å². The van der Waals surface area contributed by atoms with Crippen molar-refractivity contribution >= 4 is 23.5 Å². The average Bonchev–Trinajstić information content (AvgIpc) is 3.22. The summed E-state index contributed by atoms with van der Waals surface area (Å²) in [6, 6.07) is 18.3. The van der Waals surface area contributed by atoms with Crippen LogP contribution in [0.4, 0.5) is 5.69 Å². The summed E-state index contributed by atoms with van der Waals surface area (Å²) in [6.07, 6.45) is 1.21. The molecule has 0 aromatic heterocycles. The van der Waals surface area contributed by atoms with E-state index in [-0.39, 0.29) is 24.7 Å². The molecule has 0 spiro atoms. The Morgan fingerprint density at radius 2 is 1.61 bits per heavy atom. The molecule has 0 unspecified atom stereocenters. The summed E-state index contributed by atoms with van der Waals surface area (Å²) in [7, 11) is 0. The third kappa shape index (κ3) is 4.76. The van der Waals surface area contributed by atoms with Gasteiger partial charge in [-0.2, -0.15) is 0 Å². The van der Waals surface area contributed by atoms with Crippen molar-refractivity contribution in [2.45, 2.75) is 38.3 Å². The van der Waals surface area contributed by atoms with Crippen LogP contribution in [-0.2, 0) is 20.9 Å². The molecule has 28 heavy (non-hydrogen) atoms. The van der Waals surface area contributed by atoms with Crippen molar-refractivity contribution in [3.63, 3.8) is 0 Å². The van der Waals surface area contributed by atoms with Crippen LogP contribution in [0.2, 0.25) is 0 Å². The van der Waals surface area contributed by atoms with Gasteiger partial charge >= 0.3 is 5.97 Å². The fraction of sp³-hybridized carbons (Fsp3) is 0.318. The van der Waals surface area contributed by atoms with Crippen molar-refractivity contribution in [1.82, 2.24) is 4.90 Å². The second-order valence-electron chi connectivity index (χ2n) is 6.88. The molecule has 6 heteroatoms. The van der Waals surface area contributed by atoms with E-state index >= 15 is 0 Å². The van der Waals surface area contributed by atoms with Gasteiger partial charge in [0.15, 0.2) is 0 Å². The first-order chi connectivity index (χ1) is 13.6. The summed E-state index contributed by atoms with van der Waals surface area (Å²) < 4.78 is 0. The number of amides is 2. The van der Waals surface area contributed by atoms with Crippen LogP contribution in [0.5, 0.6) is 0 Å². The van der Waals surface area contributed by atoms with Gasteiger partial charge in [-0.25, -0.2) is 4.79 Å². The molecule has 2 aromatic rings. The smallest absolute Gasteiger partial charge is 0.326 e. The van der Waals surface area contributed by atoms with Crippen molar-refractivity contribution in [1.29, 1.82) is 0 Å². The van der Waals surface area contributed by atoms with Crippen molar-refractivity contribution < 1.29 is 19.5 Å². The average molecular weight is 380 g/mol. The standard InChI is InChI=1S/C22H24N2O4/c25-20(23-15-7-12-19(23)22(27)28)13-14-21(26)24(18-10-5-2-6-11-18)16-17-8-3-1-4-9-17/h1-6,8-11,19H,7,12-16H2,(H,27,28)/t19-/m0/s1. The molecule has 0 bridgehead atoms. The largest absolute Gasteiger partial charge is 0.480 e. The maximum atomic E-state index is 12.9. The van der Waals surface area contributed by atoms with Crippen LogP contribution in [0.15, 0.2) is 60.7 Å². The Balaban J connectivity index is 1.67. The molecule has 1 atom stereocenters. The molecule has 1 heterocycles. The minimum Gasteiger partial charge on any atom is -0.480 e. The second-order valence-corrected chi connectivity index (χ2v) is 6.88. The van der Waals surface area contributed by atoms with Crippen molar-refractivity contribution in [2.75, 3.05) is 11.4 Å². The molecule has 0 saturated carbocycles. The van der Waals surface area contributed by atoms with Crippen molar-refractivity contribution in [2.24, 2.45) is 0 Å². The molecule has 146 valence electrons. The zero-order chi connectivity index (χ0) is 19.9. The van der Waals surface area contributed by atoms with E-state index in [1.54, 1.807) is 4.90 Å². The summed E-state index contributed by atoms with van der Waals surface area (Å²) >= 11 is 0. The molecule has 2 aromatic carbocycles. The maximum Gasteiger partial charge on any atom is 0.326 e. The zero-order valence-electron chi connectivity index (χ0n) is 15.7. The molecule has 3 rings (SSSR count). The first-order valence-electron chi connectivity index (χ1n) is 9.48. The number of carbonyl (C=O) groups is 3. The minimum atomic E-state index is -0.979. The molecular formula is C22H24N2O4. The Labute approximate surface area is 164 Å². The number of nitrogens with zero attached hydrogens (tertiary/aromatic N) is 2. The topological polar surface area (TPSA) is 77.9 Å². The first kappa shape index (κ1) is 19.6. The molecule has 1 saturated heterocycles. The second kappa shape index (κ2) is 9.17. The molecule has 1 aliphatic heterocycles. The van der Waals surface area contributed by atoms with Gasteiger partial charge in [0.25, 0.3) is 0 Å². The quantitative estimate of drug-likeness (QED) is 0.801. The van der Waals surface area contributed by atoms with Gasteiger partial charge in [-0.1, -0.05) is 48.5 Å². The Hall–Kier alpha value is -3.15. The highest BCUT2D eigenvalue weighted by atomic mass is 16.4.